The highest BCUT2D eigenvalue weighted by molar-refractivity contribution is 7.90. The zero-order valence-corrected chi connectivity index (χ0v) is 25.9. The van der Waals surface area contributed by atoms with Gasteiger partial charge in [0.2, 0.25) is 5.95 Å². The van der Waals surface area contributed by atoms with Crippen LogP contribution in [0.1, 0.15) is 31.2 Å². The number of ether oxygens (including phenoxy) is 2. The van der Waals surface area contributed by atoms with Gasteiger partial charge in [-0.25, -0.2) is 23.1 Å². The maximum absolute atomic E-state index is 11.5. The first-order valence-electron chi connectivity index (χ1n) is 14.0. The van der Waals surface area contributed by atoms with Crippen molar-refractivity contribution in [3.63, 3.8) is 0 Å². The molecular formula is C29H35ClN8O4S. The Balaban J connectivity index is 1.21. The molecule has 1 unspecified atom stereocenters. The Hall–Kier alpha value is -3.81. The van der Waals surface area contributed by atoms with Crippen LogP contribution in [0.2, 0.25) is 5.02 Å². The predicted octanol–water partition coefficient (Wildman–Crippen LogP) is 4.23. The Labute approximate surface area is 256 Å². The van der Waals surface area contributed by atoms with Crippen LogP contribution in [0, 0.1) is 0 Å². The molecule has 5 rings (SSSR count). The number of hydrogen-bond acceptors (Lipinski definition) is 11. The van der Waals surface area contributed by atoms with E-state index in [-0.39, 0.29) is 11.9 Å². The van der Waals surface area contributed by atoms with E-state index in [1.54, 1.807) is 30.3 Å². The van der Waals surface area contributed by atoms with Crippen LogP contribution in [0.25, 0.3) is 11.1 Å². The van der Waals surface area contributed by atoms with Crippen molar-refractivity contribution >= 4 is 33.1 Å². The van der Waals surface area contributed by atoms with Gasteiger partial charge >= 0.3 is 0 Å². The van der Waals surface area contributed by atoms with Crippen LogP contribution in [0.3, 0.4) is 0 Å². The van der Waals surface area contributed by atoms with E-state index in [1.807, 2.05) is 25.1 Å². The van der Waals surface area contributed by atoms with E-state index < -0.39 is 9.84 Å². The molecule has 1 aliphatic rings. The average Bonchev–Trinajstić information content (AvgIpc) is 3.51. The molecule has 228 valence electrons. The van der Waals surface area contributed by atoms with Gasteiger partial charge in [0.25, 0.3) is 0 Å². The Bertz CT molecular complexity index is 1610. The van der Waals surface area contributed by atoms with Crippen molar-refractivity contribution in [3.8, 4) is 22.6 Å². The molecule has 43 heavy (non-hydrogen) atoms. The predicted molar refractivity (Wildman–Crippen MR) is 165 cm³/mol. The maximum Gasteiger partial charge on any atom is 0.227 e. The molecule has 0 amide bonds. The number of benzene rings is 2. The van der Waals surface area contributed by atoms with Crippen molar-refractivity contribution in [3.05, 3.63) is 65.7 Å². The lowest BCUT2D eigenvalue weighted by Crippen LogP contribution is -2.36. The minimum absolute atomic E-state index is 0.202. The van der Waals surface area contributed by atoms with Crippen LogP contribution >= 0.6 is 11.6 Å². The second-order valence-corrected chi connectivity index (χ2v) is 13.4. The van der Waals surface area contributed by atoms with Crippen molar-refractivity contribution in [1.29, 1.82) is 0 Å². The minimum Gasteiger partial charge on any atom is -0.495 e. The van der Waals surface area contributed by atoms with Gasteiger partial charge in [0.05, 0.1) is 30.1 Å². The maximum atomic E-state index is 11.5. The summed E-state index contributed by atoms with van der Waals surface area (Å²) in [5, 5.41) is 14.9. The SMILES string of the molecule is COc1cc(C2CCN(CCS(C)(=O)=O)CC2)ccc1Nc1ncc(-c2ccc(Cl)c(OC(C)Cn3cnnn3)c2)cn1. The summed E-state index contributed by atoms with van der Waals surface area (Å²) in [5.74, 6) is 2.29. The third kappa shape index (κ3) is 8.39. The standard InChI is InChI=1S/C29H35ClN8O4S/c1-20(18-38-19-33-35-36-38)42-27-14-23(4-6-25(27)30)24-16-31-29(32-17-24)34-26-7-5-22(15-28(26)41-2)21-8-10-37(11-9-21)12-13-43(3,39)40/h4-7,14-17,19-21H,8-13,18H2,1-3H3,(H,31,32,34). The summed E-state index contributed by atoms with van der Waals surface area (Å²) in [7, 11) is -1.31. The first-order valence-corrected chi connectivity index (χ1v) is 16.4. The number of rotatable bonds is 12. The highest BCUT2D eigenvalue weighted by atomic mass is 35.5. The Kier molecular flexibility index (Phi) is 9.73. The number of hydrogen-bond donors (Lipinski definition) is 1. The molecule has 3 heterocycles. The van der Waals surface area contributed by atoms with Gasteiger partial charge < -0.3 is 19.7 Å². The molecule has 0 bridgehead atoms. The molecule has 1 aliphatic heterocycles. The molecule has 4 aromatic rings. The summed E-state index contributed by atoms with van der Waals surface area (Å²) < 4.78 is 36.3. The van der Waals surface area contributed by atoms with E-state index in [0.717, 1.165) is 42.7 Å². The number of aromatic nitrogens is 6. The number of likely N-dealkylation sites (tertiary alicyclic amines) is 1. The topological polar surface area (TPSA) is 137 Å². The molecule has 1 fully saturated rings. The van der Waals surface area contributed by atoms with Crippen molar-refractivity contribution < 1.29 is 17.9 Å². The van der Waals surface area contributed by atoms with Gasteiger partial charge in [-0.05, 0) is 84.6 Å². The average molecular weight is 627 g/mol. The summed E-state index contributed by atoms with van der Waals surface area (Å²) in [6.45, 7) is 4.75. The van der Waals surface area contributed by atoms with Gasteiger partial charge in [0, 0.05) is 30.8 Å². The Morgan fingerprint density at radius 3 is 2.51 bits per heavy atom. The quantitative estimate of drug-likeness (QED) is 0.242. The van der Waals surface area contributed by atoms with Gasteiger partial charge in [-0.2, -0.15) is 0 Å². The molecule has 1 saturated heterocycles. The molecular weight excluding hydrogens is 592 g/mol. The molecule has 2 aromatic carbocycles. The molecule has 2 aromatic heterocycles. The molecule has 0 radical (unpaired) electrons. The molecule has 1 N–H and O–H groups in total. The van der Waals surface area contributed by atoms with Crippen LogP contribution in [0.4, 0.5) is 11.6 Å². The zero-order chi connectivity index (χ0) is 30.4. The highest BCUT2D eigenvalue weighted by Gasteiger charge is 2.22. The fourth-order valence-electron chi connectivity index (χ4n) is 5.07. The second-order valence-electron chi connectivity index (χ2n) is 10.7. The summed E-state index contributed by atoms with van der Waals surface area (Å²) >= 11 is 6.40. The monoisotopic (exact) mass is 626 g/mol. The van der Waals surface area contributed by atoms with Crippen LogP contribution in [0.5, 0.6) is 11.5 Å². The number of anilines is 2. The van der Waals surface area contributed by atoms with Crippen LogP contribution < -0.4 is 14.8 Å². The van der Waals surface area contributed by atoms with E-state index >= 15 is 0 Å². The van der Waals surface area contributed by atoms with Crippen LogP contribution in [-0.2, 0) is 16.4 Å². The van der Waals surface area contributed by atoms with Gasteiger partial charge in [0.1, 0.15) is 33.8 Å². The molecule has 1 atom stereocenters. The van der Waals surface area contributed by atoms with E-state index in [1.165, 1.54) is 18.1 Å². The smallest absolute Gasteiger partial charge is 0.227 e. The Morgan fingerprint density at radius 1 is 1.07 bits per heavy atom. The lowest BCUT2D eigenvalue weighted by atomic mass is 9.89. The van der Waals surface area contributed by atoms with Crippen molar-refractivity contribution in [2.24, 2.45) is 0 Å². The highest BCUT2D eigenvalue weighted by Crippen LogP contribution is 2.35. The third-order valence-corrected chi connectivity index (χ3v) is 8.63. The fraction of sp³-hybridized carbons (Fsp3) is 0.414. The number of nitrogens with one attached hydrogen (secondary N) is 1. The number of halogens is 1. The fourth-order valence-corrected chi connectivity index (χ4v) is 5.82. The first kappa shape index (κ1) is 30.6. The lowest BCUT2D eigenvalue weighted by Gasteiger charge is -2.32. The van der Waals surface area contributed by atoms with Crippen molar-refractivity contribution in [2.45, 2.75) is 38.3 Å². The van der Waals surface area contributed by atoms with E-state index in [4.69, 9.17) is 21.1 Å². The number of tetrazole rings is 1. The molecule has 0 saturated carbocycles. The van der Waals surface area contributed by atoms with E-state index in [2.05, 4.69) is 47.8 Å². The first-order chi connectivity index (χ1) is 20.7. The Morgan fingerprint density at radius 2 is 1.84 bits per heavy atom. The summed E-state index contributed by atoms with van der Waals surface area (Å²) in [4.78, 5) is 11.3. The largest absolute Gasteiger partial charge is 0.495 e. The third-order valence-electron chi connectivity index (χ3n) is 7.39. The van der Waals surface area contributed by atoms with Crippen LogP contribution in [-0.4, -0.2) is 88.3 Å². The van der Waals surface area contributed by atoms with E-state index in [0.29, 0.717) is 41.5 Å². The van der Waals surface area contributed by atoms with Crippen LogP contribution in [0.15, 0.2) is 55.1 Å². The number of methoxy groups -OCH3 is 1. The summed E-state index contributed by atoms with van der Waals surface area (Å²) in [5.41, 5.74) is 3.65. The number of nitrogens with zero attached hydrogens (tertiary/aromatic N) is 7. The normalized spacial score (nSPS) is 15.3. The lowest BCUT2D eigenvalue weighted by molar-refractivity contribution is 0.193. The molecule has 14 heteroatoms. The van der Waals surface area contributed by atoms with Crippen molar-refractivity contribution in [2.75, 3.05) is 44.1 Å². The molecule has 0 spiro atoms. The van der Waals surface area contributed by atoms with Gasteiger partial charge in [-0.1, -0.05) is 23.7 Å². The van der Waals surface area contributed by atoms with Gasteiger partial charge in [0.15, 0.2) is 0 Å². The number of piperidine rings is 1. The summed E-state index contributed by atoms with van der Waals surface area (Å²) in [6.07, 6.45) is 8.04. The van der Waals surface area contributed by atoms with E-state index in [9.17, 15) is 8.42 Å². The molecule has 0 aliphatic carbocycles. The summed E-state index contributed by atoms with van der Waals surface area (Å²) in [6, 6.07) is 11.7. The van der Waals surface area contributed by atoms with Gasteiger partial charge in [-0.3, -0.25) is 0 Å². The van der Waals surface area contributed by atoms with Gasteiger partial charge in [-0.15, -0.1) is 5.10 Å². The zero-order valence-electron chi connectivity index (χ0n) is 24.4. The minimum atomic E-state index is -2.95. The second kappa shape index (κ2) is 13.7. The molecule has 12 nitrogen and oxygen atoms in total. The van der Waals surface area contributed by atoms with Crippen molar-refractivity contribution in [1.82, 2.24) is 35.1 Å². The number of sulfone groups is 1.